The zero-order valence-electron chi connectivity index (χ0n) is 8.48. The van der Waals surface area contributed by atoms with E-state index < -0.39 is 0 Å². The topological polar surface area (TPSA) is 29.3 Å². The maximum absolute atomic E-state index is 5.73. The minimum Gasteiger partial charge on any atom is -0.329 e. The van der Waals surface area contributed by atoms with Crippen LogP contribution in [0.4, 0.5) is 0 Å². The van der Waals surface area contributed by atoms with Crippen LogP contribution < -0.4 is 5.73 Å². The van der Waals surface area contributed by atoms with Gasteiger partial charge in [0.25, 0.3) is 0 Å². The lowest BCUT2D eigenvalue weighted by Crippen LogP contribution is -2.36. The molecule has 0 bridgehead atoms. The molecule has 0 saturated carbocycles. The van der Waals surface area contributed by atoms with Crippen molar-refractivity contribution in [3.63, 3.8) is 0 Å². The molecule has 1 aromatic heterocycles. The molecule has 0 spiro atoms. The fourth-order valence-corrected chi connectivity index (χ4v) is 2.87. The summed E-state index contributed by atoms with van der Waals surface area (Å²) in [4.78, 5) is 2.54. The van der Waals surface area contributed by atoms with Gasteiger partial charge in [-0.05, 0) is 48.2 Å². The largest absolute Gasteiger partial charge is 0.329 e. The molecule has 2 rings (SSSR count). The number of thiophene rings is 1. The van der Waals surface area contributed by atoms with E-state index in [0.29, 0.717) is 6.04 Å². The lowest BCUT2D eigenvalue weighted by molar-refractivity contribution is 0.262. The molecule has 0 aliphatic carbocycles. The minimum atomic E-state index is 0.647. The molecule has 0 radical (unpaired) electrons. The molecule has 78 valence electrons. The average Bonchev–Trinajstić information content (AvgIpc) is 2.85. The Balaban J connectivity index is 1.80. The summed E-state index contributed by atoms with van der Waals surface area (Å²) in [6, 6.07) is 2.87. The molecular weight excluding hydrogens is 192 g/mol. The highest BCUT2D eigenvalue weighted by Gasteiger charge is 2.22. The Bertz CT molecular complexity index is 258. The Morgan fingerprint density at radius 2 is 2.50 bits per heavy atom. The smallest absolute Gasteiger partial charge is 0.0219 e. The fraction of sp³-hybridized carbons (Fsp3) is 0.636. The van der Waals surface area contributed by atoms with E-state index in [9.17, 15) is 0 Å². The molecule has 1 atom stereocenters. The minimum absolute atomic E-state index is 0.647. The van der Waals surface area contributed by atoms with Crippen molar-refractivity contribution in [1.82, 2.24) is 4.90 Å². The molecule has 2 N–H and O–H groups in total. The zero-order chi connectivity index (χ0) is 9.80. The zero-order valence-corrected chi connectivity index (χ0v) is 9.30. The van der Waals surface area contributed by atoms with Crippen LogP contribution in [0.25, 0.3) is 0 Å². The lowest BCUT2D eigenvalue weighted by atomic mass is 10.2. The third-order valence-electron chi connectivity index (χ3n) is 3.04. The normalized spacial score (nSPS) is 23.1. The van der Waals surface area contributed by atoms with Crippen molar-refractivity contribution in [2.24, 2.45) is 5.73 Å². The third-order valence-corrected chi connectivity index (χ3v) is 3.77. The van der Waals surface area contributed by atoms with Gasteiger partial charge in [0, 0.05) is 19.1 Å². The molecule has 1 aliphatic heterocycles. The molecular formula is C11H18N2S. The SMILES string of the molecule is NCC1CCCN1CCc1ccsc1. The predicted octanol–water partition coefficient (Wildman–Crippen LogP) is 1.71. The van der Waals surface area contributed by atoms with E-state index in [4.69, 9.17) is 5.73 Å². The third kappa shape index (κ3) is 2.35. The van der Waals surface area contributed by atoms with Gasteiger partial charge in [-0.25, -0.2) is 0 Å². The second kappa shape index (κ2) is 4.91. The molecule has 0 aromatic carbocycles. The molecule has 2 nitrogen and oxygen atoms in total. The fourth-order valence-electron chi connectivity index (χ4n) is 2.16. The van der Waals surface area contributed by atoms with Crippen molar-refractivity contribution < 1.29 is 0 Å². The first-order chi connectivity index (χ1) is 6.90. The van der Waals surface area contributed by atoms with Gasteiger partial charge >= 0.3 is 0 Å². The van der Waals surface area contributed by atoms with Crippen LogP contribution in [0.2, 0.25) is 0 Å². The number of nitrogens with two attached hydrogens (primary N) is 1. The van der Waals surface area contributed by atoms with Crippen molar-refractivity contribution in [3.05, 3.63) is 22.4 Å². The Hall–Kier alpha value is -0.380. The van der Waals surface area contributed by atoms with Crippen molar-refractivity contribution in [2.75, 3.05) is 19.6 Å². The van der Waals surface area contributed by atoms with E-state index in [-0.39, 0.29) is 0 Å². The van der Waals surface area contributed by atoms with E-state index in [1.807, 2.05) is 0 Å². The molecule has 2 heterocycles. The number of hydrogen-bond acceptors (Lipinski definition) is 3. The lowest BCUT2D eigenvalue weighted by Gasteiger charge is -2.22. The van der Waals surface area contributed by atoms with Crippen LogP contribution in [0.1, 0.15) is 18.4 Å². The Morgan fingerprint density at radius 1 is 1.57 bits per heavy atom. The number of rotatable bonds is 4. The Kier molecular flexibility index (Phi) is 3.56. The van der Waals surface area contributed by atoms with Gasteiger partial charge in [-0.3, -0.25) is 4.90 Å². The van der Waals surface area contributed by atoms with E-state index in [2.05, 4.69) is 21.7 Å². The summed E-state index contributed by atoms with van der Waals surface area (Å²) in [6.07, 6.45) is 3.80. The van der Waals surface area contributed by atoms with E-state index in [1.54, 1.807) is 11.3 Å². The summed E-state index contributed by atoms with van der Waals surface area (Å²) in [7, 11) is 0. The monoisotopic (exact) mass is 210 g/mol. The van der Waals surface area contributed by atoms with Gasteiger partial charge in [0.15, 0.2) is 0 Å². The van der Waals surface area contributed by atoms with Crippen LogP contribution in [0.3, 0.4) is 0 Å². The first kappa shape index (κ1) is 10.1. The summed E-state index contributed by atoms with van der Waals surface area (Å²) < 4.78 is 0. The maximum Gasteiger partial charge on any atom is 0.0219 e. The van der Waals surface area contributed by atoms with Crippen LogP contribution >= 0.6 is 11.3 Å². The first-order valence-electron chi connectivity index (χ1n) is 5.35. The van der Waals surface area contributed by atoms with Gasteiger partial charge in [-0.1, -0.05) is 0 Å². The summed E-state index contributed by atoms with van der Waals surface area (Å²) in [5, 5.41) is 4.40. The Morgan fingerprint density at radius 3 is 3.21 bits per heavy atom. The quantitative estimate of drug-likeness (QED) is 0.820. The maximum atomic E-state index is 5.73. The highest BCUT2D eigenvalue weighted by molar-refractivity contribution is 7.07. The average molecular weight is 210 g/mol. The van der Waals surface area contributed by atoms with Gasteiger partial charge in [-0.15, -0.1) is 0 Å². The summed E-state index contributed by atoms with van der Waals surface area (Å²) in [5.74, 6) is 0. The van der Waals surface area contributed by atoms with Gasteiger partial charge < -0.3 is 5.73 Å². The number of nitrogens with zero attached hydrogens (tertiary/aromatic N) is 1. The van der Waals surface area contributed by atoms with Gasteiger partial charge in [0.05, 0.1) is 0 Å². The standard InChI is InChI=1S/C11H18N2S/c12-8-11-2-1-5-13(11)6-3-10-4-7-14-9-10/h4,7,9,11H,1-3,5-6,8,12H2. The highest BCUT2D eigenvalue weighted by atomic mass is 32.1. The molecule has 0 amide bonds. The van der Waals surface area contributed by atoms with E-state index in [0.717, 1.165) is 6.54 Å². The number of likely N-dealkylation sites (tertiary alicyclic amines) is 1. The molecule has 14 heavy (non-hydrogen) atoms. The first-order valence-corrected chi connectivity index (χ1v) is 6.29. The van der Waals surface area contributed by atoms with Gasteiger partial charge in [-0.2, -0.15) is 11.3 Å². The van der Waals surface area contributed by atoms with E-state index in [1.165, 1.54) is 37.9 Å². The highest BCUT2D eigenvalue weighted by Crippen LogP contribution is 2.17. The van der Waals surface area contributed by atoms with Crippen LogP contribution in [0.5, 0.6) is 0 Å². The molecule has 3 heteroatoms. The number of hydrogen-bond donors (Lipinski definition) is 1. The van der Waals surface area contributed by atoms with Crippen LogP contribution in [0.15, 0.2) is 16.8 Å². The second-order valence-corrected chi connectivity index (χ2v) is 4.73. The van der Waals surface area contributed by atoms with Gasteiger partial charge in [0.1, 0.15) is 0 Å². The predicted molar refractivity (Wildman–Crippen MR) is 61.7 cm³/mol. The molecule has 1 fully saturated rings. The van der Waals surface area contributed by atoms with E-state index >= 15 is 0 Å². The van der Waals surface area contributed by atoms with Crippen molar-refractivity contribution >= 4 is 11.3 Å². The van der Waals surface area contributed by atoms with Crippen molar-refractivity contribution in [1.29, 1.82) is 0 Å². The van der Waals surface area contributed by atoms with Crippen LogP contribution in [-0.2, 0) is 6.42 Å². The van der Waals surface area contributed by atoms with Crippen molar-refractivity contribution in [3.8, 4) is 0 Å². The summed E-state index contributed by atoms with van der Waals surface area (Å²) in [6.45, 7) is 3.24. The van der Waals surface area contributed by atoms with Crippen molar-refractivity contribution in [2.45, 2.75) is 25.3 Å². The van der Waals surface area contributed by atoms with Gasteiger partial charge in [0.2, 0.25) is 0 Å². The molecule has 1 unspecified atom stereocenters. The van der Waals surface area contributed by atoms with Crippen LogP contribution in [0, 0.1) is 0 Å². The summed E-state index contributed by atoms with van der Waals surface area (Å²) >= 11 is 1.79. The molecule has 1 saturated heterocycles. The molecule has 1 aromatic rings. The summed E-state index contributed by atoms with van der Waals surface area (Å²) in [5.41, 5.74) is 7.20. The molecule has 1 aliphatic rings. The second-order valence-electron chi connectivity index (χ2n) is 3.95. The Labute approximate surface area is 89.7 Å². The van der Waals surface area contributed by atoms with Crippen LogP contribution in [-0.4, -0.2) is 30.6 Å².